The Kier molecular flexibility index (Phi) is 4.44. The SMILES string of the molecule is N#CCCCN1CCc2c(c3cc(F)ccc3n2-c2ccc(F)cc2)C1. The Bertz CT molecular complexity index is 983. The number of rotatable bonds is 4. The van der Waals surface area contributed by atoms with Crippen molar-refractivity contribution in [2.45, 2.75) is 25.8 Å². The molecule has 0 saturated heterocycles. The van der Waals surface area contributed by atoms with Gasteiger partial charge in [0.2, 0.25) is 0 Å². The molecule has 5 heteroatoms. The maximum Gasteiger partial charge on any atom is 0.123 e. The zero-order valence-electron chi connectivity index (χ0n) is 14.4. The lowest BCUT2D eigenvalue weighted by atomic mass is 10.0. The van der Waals surface area contributed by atoms with Crippen LogP contribution >= 0.6 is 0 Å². The van der Waals surface area contributed by atoms with Crippen LogP contribution in [0.1, 0.15) is 24.1 Å². The number of fused-ring (bicyclic) bond motifs is 3. The van der Waals surface area contributed by atoms with Gasteiger partial charge in [-0.15, -0.1) is 0 Å². The minimum absolute atomic E-state index is 0.252. The molecule has 1 aromatic heterocycles. The van der Waals surface area contributed by atoms with Crippen LogP contribution in [0.3, 0.4) is 0 Å². The van der Waals surface area contributed by atoms with E-state index in [-0.39, 0.29) is 11.6 Å². The van der Waals surface area contributed by atoms with Crippen LogP contribution in [0.4, 0.5) is 8.78 Å². The van der Waals surface area contributed by atoms with E-state index in [2.05, 4.69) is 15.5 Å². The van der Waals surface area contributed by atoms with E-state index in [0.717, 1.165) is 60.3 Å². The van der Waals surface area contributed by atoms with Gasteiger partial charge < -0.3 is 4.57 Å². The Morgan fingerprint density at radius 2 is 1.81 bits per heavy atom. The third-order valence-corrected chi connectivity index (χ3v) is 5.04. The number of hydrogen-bond donors (Lipinski definition) is 0. The van der Waals surface area contributed by atoms with Crippen molar-refractivity contribution in [3.05, 3.63) is 65.4 Å². The Labute approximate surface area is 151 Å². The highest BCUT2D eigenvalue weighted by atomic mass is 19.1. The number of unbranched alkanes of at least 4 members (excludes halogenated alkanes) is 1. The van der Waals surface area contributed by atoms with Gasteiger partial charge in [0.05, 0.1) is 11.6 Å². The van der Waals surface area contributed by atoms with Crippen molar-refractivity contribution in [1.82, 2.24) is 9.47 Å². The topological polar surface area (TPSA) is 32.0 Å². The fourth-order valence-electron chi connectivity index (χ4n) is 3.84. The number of nitriles is 1. The molecule has 3 aromatic rings. The van der Waals surface area contributed by atoms with Crippen LogP contribution in [-0.2, 0) is 13.0 Å². The van der Waals surface area contributed by atoms with E-state index in [9.17, 15) is 8.78 Å². The van der Waals surface area contributed by atoms with Gasteiger partial charge in [-0.1, -0.05) is 0 Å². The maximum atomic E-state index is 13.9. The monoisotopic (exact) mass is 351 g/mol. The molecule has 3 nitrogen and oxygen atoms in total. The standard InChI is InChI=1S/C21H19F2N3/c22-15-3-6-17(7-4-15)26-20-8-5-16(23)13-18(20)19-14-25(11-2-1-10-24)12-9-21(19)26/h3-8,13H,1-2,9,11-12,14H2. The first-order chi connectivity index (χ1) is 12.7. The minimum atomic E-state index is -0.270. The first-order valence-corrected chi connectivity index (χ1v) is 8.84. The Hall–Kier alpha value is -2.71. The maximum absolute atomic E-state index is 13.9. The third kappa shape index (κ3) is 2.97. The summed E-state index contributed by atoms with van der Waals surface area (Å²) in [7, 11) is 0. The van der Waals surface area contributed by atoms with Crippen molar-refractivity contribution < 1.29 is 8.78 Å². The minimum Gasteiger partial charge on any atom is -0.313 e. The Balaban J connectivity index is 1.80. The summed E-state index contributed by atoms with van der Waals surface area (Å²) in [5.41, 5.74) is 4.13. The molecule has 26 heavy (non-hydrogen) atoms. The summed E-state index contributed by atoms with van der Waals surface area (Å²) < 4.78 is 29.4. The second-order valence-electron chi connectivity index (χ2n) is 6.69. The summed E-state index contributed by atoms with van der Waals surface area (Å²) in [5.74, 6) is -0.521. The average molecular weight is 351 g/mol. The lowest BCUT2D eigenvalue weighted by molar-refractivity contribution is 0.251. The van der Waals surface area contributed by atoms with Crippen LogP contribution in [0.2, 0.25) is 0 Å². The zero-order valence-corrected chi connectivity index (χ0v) is 14.4. The largest absolute Gasteiger partial charge is 0.313 e. The smallest absolute Gasteiger partial charge is 0.123 e. The number of halogens is 2. The molecule has 2 heterocycles. The normalized spacial score (nSPS) is 14.3. The highest BCUT2D eigenvalue weighted by Gasteiger charge is 2.24. The summed E-state index contributed by atoms with van der Waals surface area (Å²) >= 11 is 0. The van der Waals surface area contributed by atoms with Crippen molar-refractivity contribution in [1.29, 1.82) is 5.26 Å². The molecule has 2 aromatic carbocycles. The van der Waals surface area contributed by atoms with Gasteiger partial charge in [0.1, 0.15) is 11.6 Å². The summed E-state index contributed by atoms with van der Waals surface area (Å²) in [6, 6.07) is 13.5. The van der Waals surface area contributed by atoms with Gasteiger partial charge in [-0.3, -0.25) is 4.90 Å². The molecular weight excluding hydrogens is 332 g/mol. The van der Waals surface area contributed by atoms with E-state index < -0.39 is 0 Å². The van der Waals surface area contributed by atoms with Gasteiger partial charge in [0, 0.05) is 42.7 Å². The molecule has 1 aliphatic heterocycles. The van der Waals surface area contributed by atoms with E-state index in [1.54, 1.807) is 24.3 Å². The number of aromatic nitrogens is 1. The van der Waals surface area contributed by atoms with E-state index >= 15 is 0 Å². The van der Waals surface area contributed by atoms with Crippen LogP contribution in [0.25, 0.3) is 16.6 Å². The van der Waals surface area contributed by atoms with Crippen LogP contribution < -0.4 is 0 Å². The summed E-state index contributed by atoms with van der Waals surface area (Å²) in [6.07, 6.45) is 2.24. The number of nitrogens with zero attached hydrogens (tertiary/aromatic N) is 3. The molecule has 1 aliphatic rings. The van der Waals surface area contributed by atoms with Crippen LogP contribution in [-0.4, -0.2) is 22.6 Å². The molecule has 0 N–H and O–H groups in total. The fraction of sp³-hybridized carbons (Fsp3) is 0.286. The van der Waals surface area contributed by atoms with Crippen LogP contribution in [0.15, 0.2) is 42.5 Å². The molecule has 0 atom stereocenters. The second kappa shape index (κ2) is 6.89. The van der Waals surface area contributed by atoms with Crippen molar-refractivity contribution in [3.63, 3.8) is 0 Å². The van der Waals surface area contributed by atoms with Gasteiger partial charge in [0.15, 0.2) is 0 Å². The molecule has 0 saturated carbocycles. The van der Waals surface area contributed by atoms with Gasteiger partial charge in [-0.05, 0) is 61.0 Å². The molecule has 0 fully saturated rings. The molecule has 0 unspecified atom stereocenters. The Morgan fingerprint density at radius 1 is 1.04 bits per heavy atom. The lowest BCUT2D eigenvalue weighted by Crippen LogP contribution is -2.31. The average Bonchev–Trinajstić information content (AvgIpc) is 2.96. The quantitative estimate of drug-likeness (QED) is 0.645. The summed E-state index contributed by atoms with van der Waals surface area (Å²) in [5, 5.41) is 9.65. The molecule has 0 bridgehead atoms. The first kappa shape index (κ1) is 16.7. The van der Waals surface area contributed by atoms with E-state index in [4.69, 9.17) is 5.26 Å². The first-order valence-electron chi connectivity index (χ1n) is 8.84. The molecule has 132 valence electrons. The molecule has 0 aliphatic carbocycles. The highest BCUT2D eigenvalue weighted by Crippen LogP contribution is 2.34. The highest BCUT2D eigenvalue weighted by molar-refractivity contribution is 5.87. The van der Waals surface area contributed by atoms with Gasteiger partial charge in [-0.25, -0.2) is 8.78 Å². The van der Waals surface area contributed by atoms with Gasteiger partial charge in [-0.2, -0.15) is 5.26 Å². The second-order valence-corrected chi connectivity index (χ2v) is 6.69. The molecule has 0 amide bonds. The molecular formula is C21H19F2N3. The Morgan fingerprint density at radius 3 is 2.58 bits per heavy atom. The van der Waals surface area contributed by atoms with Gasteiger partial charge >= 0.3 is 0 Å². The fourth-order valence-corrected chi connectivity index (χ4v) is 3.84. The molecule has 0 spiro atoms. The van der Waals surface area contributed by atoms with E-state index in [1.165, 1.54) is 18.2 Å². The van der Waals surface area contributed by atoms with Crippen LogP contribution in [0.5, 0.6) is 0 Å². The summed E-state index contributed by atoms with van der Waals surface area (Å²) in [4.78, 5) is 2.32. The number of hydrogen-bond acceptors (Lipinski definition) is 2. The van der Waals surface area contributed by atoms with Crippen molar-refractivity contribution in [2.75, 3.05) is 13.1 Å². The van der Waals surface area contributed by atoms with Crippen molar-refractivity contribution in [3.8, 4) is 11.8 Å². The predicted molar refractivity (Wildman–Crippen MR) is 97.0 cm³/mol. The summed E-state index contributed by atoms with van der Waals surface area (Å²) in [6.45, 7) is 2.51. The molecule has 0 radical (unpaired) electrons. The van der Waals surface area contributed by atoms with E-state index in [1.807, 2.05) is 0 Å². The number of benzene rings is 2. The molecule has 4 rings (SSSR count). The van der Waals surface area contributed by atoms with Crippen LogP contribution in [0, 0.1) is 23.0 Å². The predicted octanol–water partition coefficient (Wildman–Crippen LogP) is 4.57. The van der Waals surface area contributed by atoms with E-state index in [0.29, 0.717) is 6.42 Å². The van der Waals surface area contributed by atoms with Crippen molar-refractivity contribution >= 4 is 10.9 Å². The zero-order chi connectivity index (χ0) is 18.1. The van der Waals surface area contributed by atoms with Gasteiger partial charge in [0.25, 0.3) is 0 Å². The lowest BCUT2D eigenvalue weighted by Gasteiger charge is -2.28. The third-order valence-electron chi connectivity index (χ3n) is 5.04. The van der Waals surface area contributed by atoms with Crippen molar-refractivity contribution in [2.24, 2.45) is 0 Å².